The normalized spacial score (nSPS) is 14.0. The van der Waals surface area contributed by atoms with E-state index >= 15 is 0 Å². The maximum Gasteiger partial charge on any atom is 0.313 e. The van der Waals surface area contributed by atoms with E-state index in [0.717, 1.165) is 28.2 Å². The van der Waals surface area contributed by atoms with Crippen LogP contribution in [0.3, 0.4) is 0 Å². The maximum atomic E-state index is 11.1. The van der Waals surface area contributed by atoms with Gasteiger partial charge in [-0.25, -0.2) is 0 Å². The average molecular weight is 344 g/mol. The summed E-state index contributed by atoms with van der Waals surface area (Å²) in [4.78, 5) is 11.1. The highest BCUT2D eigenvalue weighted by molar-refractivity contribution is 8.00. The molecule has 2 aromatic rings. The van der Waals surface area contributed by atoms with Crippen LogP contribution >= 0.6 is 11.8 Å². The van der Waals surface area contributed by atoms with Crippen LogP contribution in [0.5, 0.6) is 11.5 Å². The summed E-state index contributed by atoms with van der Waals surface area (Å²) in [5.74, 6) is 1.02. The van der Waals surface area contributed by atoms with E-state index < -0.39 is 5.97 Å². The Balaban J connectivity index is 2.08. The quantitative estimate of drug-likeness (QED) is 0.839. The second-order valence-electron chi connectivity index (χ2n) is 5.98. The number of carboxylic acid groups (broad SMARTS) is 1. The van der Waals surface area contributed by atoms with Gasteiger partial charge in [0, 0.05) is 0 Å². The molecule has 3 rings (SSSR count). The van der Waals surface area contributed by atoms with Gasteiger partial charge in [0.05, 0.1) is 11.0 Å². The Morgan fingerprint density at radius 3 is 2.33 bits per heavy atom. The fourth-order valence-corrected chi connectivity index (χ4v) is 3.89. The van der Waals surface area contributed by atoms with Crippen LogP contribution < -0.4 is 9.47 Å². The molecule has 0 saturated heterocycles. The van der Waals surface area contributed by atoms with Crippen molar-refractivity contribution in [3.05, 3.63) is 59.2 Å². The van der Waals surface area contributed by atoms with Gasteiger partial charge in [0.1, 0.15) is 0 Å². The van der Waals surface area contributed by atoms with Gasteiger partial charge in [-0.15, -0.1) is 11.8 Å². The van der Waals surface area contributed by atoms with Gasteiger partial charge in [0.15, 0.2) is 11.5 Å². The predicted octanol–water partition coefficient (Wildman–Crippen LogP) is 4.45. The van der Waals surface area contributed by atoms with Crippen molar-refractivity contribution in [3.63, 3.8) is 0 Å². The first-order chi connectivity index (χ1) is 11.6. The molecule has 2 aromatic carbocycles. The molecule has 0 bridgehead atoms. The van der Waals surface area contributed by atoms with E-state index in [4.69, 9.17) is 14.6 Å². The molecule has 0 aliphatic carbocycles. The highest BCUT2D eigenvalue weighted by Crippen LogP contribution is 2.45. The molecule has 1 atom stereocenters. The van der Waals surface area contributed by atoms with Crippen LogP contribution in [-0.4, -0.2) is 23.6 Å². The standard InChI is InChI=1S/C19H20O4S/c1-12(2)14-8-16-17(23-11-22-16)9-15(14)19(24-10-18(20)21)13-6-4-3-5-7-13/h3-9,12,19H,10-11H2,1-2H3,(H,20,21). The Morgan fingerprint density at radius 1 is 1.12 bits per heavy atom. The third-order valence-electron chi connectivity index (χ3n) is 3.96. The zero-order valence-electron chi connectivity index (χ0n) is 13.7. The molecule has 1 unspecified atom stereocenters. The monoisotopic (exact) mass is 344 g/mol. The van der Waals surface area contributed by atoms with Gasteiger partial charge < -0.3 is 14.6 Å². The average Bonchev–Trinajstić information content (AvgIpc) is 3.02. The van der Waals surface area contributed by atoms with E-state index in [-0.39, 0.29) is 17.8 Å². The van der Waals surface area contributed by atoms with Crippen molar-refractivity contribution in [2.75, 3.05) is 12.5 Å². The SMILES string of the molecule is CC(C)c1cc2c(cc1C(SCC(=O)O)c1ccccc1)OCO2. The number of carboxylic acids is 1. The molecule has 0 radical (unpaired) electrons. The van der Waals surface area contributed by atoms with Crippen LogP contribution in [0.15, 0.2) is 42.5 Å². The molecular formula is C19H20O4S. The molecule has 4 nitrogen and oxygen atoms in total. The number of benzene rings is 2. The van der Waals surface area contributed by atoms with Crippen molar-refractivity contribution in [1.82, 2.24) is 0 Å². The molecule has 0 aromatic heterocycles. The van der Waals surface area contributed by atoms with Gasteiger partial charge in [-0.05, 0) is 34.7 Å². The molecule has 0 spiro atoms. The summed E-state index contributed by atoms with van der Waals surface area (Å²) in [5.41, 5.74) is 3.34. The first kappa shape index (κ1) is 16.7. The molecule has 5 heteroatoms. The van der Waals surface area contributed by atoms with Crippen LogP contribution in [-0.2, 0) is 4.79 Å². The lowest BCUT2D eigenvalue weighted by molar-refractivity contribution is -0.133. The molecule has 0 fully saturated rings. The minimum atomic E-state index is -0.812. The molecule has 1 N–H and O–H groups in total. The molecule has 126 valence electrons. The second-order valence-corrected chi connectivity index (χ2v) is 7.08. The minimum absolute atomic E-state index is 0.0472. The van der Waals surface area contributed by atoms with E-state index in [2.05, 4.69) is 13.8 Å². The zero-order chi connectivity index (χ0) is 17.1. The molecule has 0 amide bonds. The minimum Gasteiger partial charge on any atom is -0.481 e. The first-order valence-corrected chi connectivity index (χ1v) is 8.93. The molecule has 1 heterocycles. The number of carbonyl (C=O) groups is 1. The number of rotatable bonds is 6. The number of thioether (sulfide) groups is 1. The predicted molar refractivity (Wildman–Crippen MR) is 95.0 cm³/mol. The fraction of sp³-hybridized carbons (Fsp3) is 0.316. The molecule has 24 heavy (non-hydrogen) atoms. The van der Waals surface area contributed by atoms with Gasteiger partial charge in [0.25, 0.3) is 0 Å². The van der Waals surface area contributed by atoms with E-state index in [0.29, 0.717) is 5.92 Å². The van der Waals surface area contributed by atoms with Gasteiger partial charge in [-0.1, -0.05) is 44.2 Å². The Kier molecular flexibility index (Phi) is 5.00. The zero-order valence-corrected chi connectivity index (χ0v) is 14.5. The van der Waals surface area contributed by atoms with E-state index in [1.165, 1.54) is 11.8 Å². The Labute approximate surface area is 145 Å². The lowest BCUT2D eigenvalue weighted by atomic mass is 9.92. The van der Waals surface area contributed by atoms with Crippen molar-refractivity contribution in [2.45, 2.75) is 25.0 Å². The topological polar surface area (TPSA) is 55.8 Å². The third kappa shape index (κ3) is 3.51. The third-order valence-corrected chi connectivity index (χ3v) is 5.23. The van der Waals surface area contributed by atoms with Crippen molar-refractivity contribution < 1.29 is 19.4 Å². The van der Waals surface area contributed by atoms with Crippen LogP contribution in [0.25, 0.3) is 0 Å². The first-order valence-electron chi connectivity index (χ1n) is 7.88. The second kappa shape index (κ2) is 7.18. The van der Waals surface area contributed by atoms with Gasteiger partial charge in [-0.3, -0.25) is 4.79 Å². The molecular weight excluding hydrogens is 324 g/mol. The number of hydrogen-bond donors (Lipinski definition) is 1. The highest BCUT2D eigenvalue weighted by Gasteiger charge is 2.25. The Morgan fingerprint density at radius 2 is 1.75 bits per heavy atom. The number of hydrogen-bond acceptors (Lipinski definition) is 4. The molecule has 1 aliphatic rings. The number of fused-ring (bicyclic) bond motifs is 1. The van der Waals surface area contributed by atoms with E-state index in [1.54, 1.807) is 0 Å². The summed E-state index contributed by atoms with van der Waals surface area (Å²) in [5, 5.41) is 9.06. The maximum absolute atomic E-state index is 11.1. The van der Waals surface area contributed by atoms with Crippen molar-refractivity contribution in [3.8, 4) is 11.5 Å². The van der Waals surface area contributed by atoms with E-state index in [9.17, 15) is 4.79 Å². The number of aliphatic carboxylic acids is 1. The summed E-state index contributed by atoms with van der Waals surface area (Å²) in [7, 11) is 0. The van der Waals surface area contributed by atoms with Crippen molar-refractivity contribution >= 4 is 17.7 Å². The van der Waals surface area contributed by atoms with Crippen molar-refractivity contribution in [1.29, 1.82) is 0 Å². The number of ether oxygens (including phenoxy) is 2. The van der Waals surface area contributed by atoms with E-state index in [1.807, 2.05) is 42.5 Å². The highest BCUT2D eigenvalue weighted by atomic mass is 32.2. The van der Waals surface area contributed by atoms with Gasteiger partial charge >= 0.3 is 5.97 Å². The largest absolute Gasteiger partial charge is 0.481 e. The van der Waals surface area contributed by atoms with Crippen LogP contribution in [0, 0.1) is 0 Å². The summed E-state index contributed by atoms with van der Waals surface area (Å²) in [6, 6.07) is 14.0. The molecule has 1 aliphatic heterocycles. The summed E-state index contributed by atoms with van der Waals surface area (Å²) < 4.78 is 11.0. The Hall–Kier alpha value is -2.14. The lowest BCUT2D eigenvalue weighted by Gasteiger charge is -2.22. The lowest BCUT2D eigenvalue weighted by Crippen LogP contribution is -2.07. The summed E-state index contributed by atoms with van der Waals surface area (Å²) in [6.45, 7) is 4.49. The van der Waals surface area contributed by atoms with Crippen LogP contribution in [0.2, 0.25) is 0 Å². The summed E-state index contributed by atoms with van der Waals surface area (Å²) >= 11 is 1.42. The Bertz CT molecular complexity index is 728. The molecule has 0 saturated carbocycles. The van der Waals surface area contributed by atoms with Crippen molar-refractivity contribution in [2.24, 2.45) is 0 Å². The summed E-state index contributed by atoms with van der Waals surface area (Å²) in [6.07, 6.45) is 0. The van der Waals surface area contributed by atoms with Gasteiger partial charge in [-0.2, -0.15) is 0 Å². The van der Waals surface area contributed by atoms with Gasteiger partial charge in [0.2, 0.25) is 6.79 Å². The smallest absolute Gasteiger partial charge is 0.313 e. The van der Waals surface area contributed by atoms with Crippen LogP contribution in [0.1, 0.15) is 41.7 Å². The fourth-order valence-electron chi connectivity index (χ4n) is 2.85. The van der Waals surface area contributed by atoms with Crippen LogP contribution in [0.4, 0.5) is 0 Å².